The minimum Gasteiger partial charge on any atom is -0.497 e. The lowest BCUT2D eigenvalue weighted by Crippen LogP contribution is -2.32. The standard InChI is InChI=1S/C22H25N3O3/c1-28-20-9-5-6-17(15-20)10-11-21(26)23-16-18-7-4-8-19(14-18)24-22(27)25-12-2-3-13-25/h4-11,14-15H,2-3,12-13,16H2,1H3,(H,23,26)(H,24,27). The van der Waals surface area contributed by atoms with E-state index in [4.69, 9.17) is 4.74 Å². The highest BCUT2D eigenvalue weighted by atomic mass is 16.5. The van der Waals surface area contributed by atoms with Crippen molar-refractivity contribution in [2.75, 3.05) is 25.5 Å². The number of amides is 3. The second kappa shape index (κ2) is 9.60. The highest BCUT2D eigenvalue weighted by molar-refractivity contribution is 5.92. The number of methoxy groups -OCH3 is 1. The molecule has 146 valence electrons. The molecule has 2 aromatic carbocycles. The van der Waals surface area contributed by atoms with Crippen molar-refractivity contribution in [3.05, 3.63) is 65.7 Å². The molecule has 0 spiro atoms. The molecule has 1 aliphatic rings. The number of benzene rings is 2. The van der Waals surface area contributed by atoms with Crippen LogP contribution in [0.1, 0.15) is 24.0 Å². The normalized spacial score (nSPS) is 13.5. The van der Waals surface area contributed by atoms with E-state index < -0.39 is 0 Å². The number of ether oxygens (including phenoxy) is 1. The van der Waals surface area contributed by atoms with Gasteiger partial charge in [-0.1, -0.05) is 24.3 Å². The molecule has 0 radical (unpaired) electrons. The van der Waals surface area contributed by atoms with Gasteiger partial charge in [-0.2, -0.15) is 0 Å². The number of anilines is 1. The average Bonchev–Trinajstić information content (AvgIpc) is 3.26. The van der Waals surface area contributed by atoms with Crippen LogP contribution < -0.4 is 15.4 Å². The number of hydrogen-bond acceptors (Lipinski definition) is 3. The van der Waals surface area contributed by atoms with E-state index in [0.717, 1.165) is 48.5 Å². The third-order valence-electron chi connectivity index (χ3n) is 4.56. The largest absolute Gasteiger partial charge is 0.497 e. The maximum Gasteiger partial charge on any atom is 0.321 e. The number of nitrogens with one attached hydrogen (secondary N) is 2. The molecular weight excluding hydrogens is 354 g/mol. The Hall–Kier alpha value is -3.28. The van der Waals surface area contributed by atoms with Crippen LogP contribution in [-0.4, -0.2) is 37.0 Å². The molecule has 3 rings (SSSR count). The third kappa shape index (κ3) is 5.61. The van der Waals surface area contributed by atoms with Crippen molar-refractivity contribution in [3.8, 4) is 5.75 Å². The smallest absolute Gasteiger partial charge is 0.321 e. The van der Waals surface area contributed by atoms with Crippen LogP contribution in [0, 0.1) is 0 Å². The van der Waals surface area contributed by atoms with Crippen molar-refractivity contribution in [2.45, 2.75) is 19.4 Å². The molecule has 1 fully saturated rings. The van der Waals surface area contributed by atoms with Gasteiger partial charge in [-0.25, -0.2) is 4.79 Å². The zero-order valence-electron chi connectivity index (χ0n) is 16.0. The first-order valence-electron chi connectivity index (χ1n) is 9.39. The summed E-state index contributed by atoms with van der Waals surface area (Å²) in [6.07, 6.45) is 5.35. The molecule has 2 N–H and O–H groups in total. The molecule has 0 atom stereocenters. The number of hydrogen-bond donors (Lipinski definition) is 2. The van der Waals surface area contributed by atoms with E-state index in [9.17, 15) is 9.59 Å². The topological polar surface area (TPSA) is 70.7 Å². The van der Waals surface area contributed by atoms with Crippen molar-refractivity contribution in [1.29, 1.82) is 0 Å². The maximum absolute atomic E-state index is 12.2. The van der Waals surface area contributed by atoms with Gasteiger partial charge in [0.2, 0.25) is 5.91 Å². The molecule has 0 aliphatic carbocycles. The highest BCUT2D eigenvalue weighted by Crippen LogP contribution is 2.15. The Kier molecular flexibility index (Phi) is 6.68. The van der Waals surface area contributed by atoms with E-state index in [-0.39, 0.29) is 11.9 Å². The molecule has 0 aromatic heterocycles. The van der Waals surface area contributed by atoms with Gasteiger partial charge in [0.25, 0.3) is 0 Å². The number of likely N-dealkylation sites (tertiary alicyclic amines) is 1. The molecule has 28 heavy (non-hydrogen) atoms. The Morgan fingerprint density at radius 2 is 1.89 bits per heavy atom. The van der Waals surface area contributed by atoms with Crippen LogP contribution in [0.25, 0.3) is 6.08 Å². The predicted molar refractivity (Wildman–Crippen MR) is 110 cm³/mol. The second-order valence-electron chi connectivity index (χ2n) is 6.65. The summed E-state index contributed by atoms with van der Waals surface area (Å²) in [5, 5.41) is 5.77. The van der Waals surface area contributed by atoms with E-state index >= 15 is 0 Å². The summed E-state index contributed by atoms with van der Waals surface area (Å²) >= 11 is 0. The molecule has 3 amide bonds. The van der Waals surface area contributed by atoms with Gasteiger partial charge in [-0.3, -0.25) is 4.79 Å². The van der Waals surface area contributed by atoms with Crippen LogP contribution in [0.3, 0.4) is 0 Å². The molecule has 0 bridgehead atoms. The number of carbonyl (C=O) groups is 2. The SMILES string of the molecule is COc1cccc(C=CC(=O)NCc2cccc(NC(=O)N3CCCC3)c2)c1. The van der Waals surface area contributed by atoms with E-state index in [0.29, 0.717) is 6.54 Å². The summed E-state index contributed by atoms with van der Waals surface area (Å²) in [6, 6.07) is 14.9. The van der Waals surface area contributed by atoms with Crippen LogP contribution in [0.4, 0.5) is 10.5 Å². The van der Waals surface area contributed by atoms with Gasteiger partial charge in [0, 0.05) is 31.4 Å². The molecule has 1 heterocycles. The first-order valence-corrected chi connectivity index (χ1v) is 9.39. The molecule has 0 unspecified atom stereocenters. The molecule has 6 nitrogen and oxygen atoms in total. The van der Waals surface area contributed by atoms with E-state index in [1.807, 2.05) is 53.4 Å². The lowest BCUT2D eigenvalue weighted by atomic mass is 10.2. The first-order chi connectivity index (χ1) is 13.6. The average molecular weight is 379 g/mol. The fraction of sp³-hybridized carbons (Fsp3) is 0.273. The van der Waals surface area contributed by atoms with Crippen LogP contribution in [0.2, 0.25) is 0 Å². The van der Waals surface area contributed by atoms with Crippen molar-refractivity contribution >= 4 is 23.7 Å². The van der Waals surface area contributed by atoms with Gasteiger partial charge < -0.3 is 20.3 Å². The number of rotatable bonds is 6. The minimum absolute atomic E-state index is 0.0695. The first kappa shape index (κ1) is 19.5. The van der Waals surface area contributed by atoms with Crippen LogP contribution in [0.5, 0.6) is 5.75 Å². The van der Waals surface area contributed by atoms with Gasteiger partial charge in [0.05, 0.1) is 7.11 Å². The number of carbonyl (C=O) groups excluding carboxylic acids is 2. The van der Waals surface area contributed by atoms with Crippen LogP contribution in [-0.2, 0) is 11.3 Å². The fourth-order valence-corrected chi connectivity index (χ4v) is 3.05. The van der Waals surface area contributed by atoms with Crippen molar-refractivity contribution in [3.63, 3.8) is 0 Å². The lowest BCUT2D eigenvalue weighted by Gasteiger charge is -2.16. The van der Waals surface area contributed by atoms with E-state index in [1.54, 1.807) is 13.2 Å². The molecule has 1 aliphatic heterocycles. The summed E-state index contributed by atoms with van der Waals surface area (Å²) < 4.78 is 5.17. The fourth-order valence-electron chi connectivity index (χ4n) is 3.05. The molecule has 0 saturated carbocycles. The van der Waals surface area contributed by atoms with Gasteiger partial charge in [0.1, 0.15) is 5.75 Å². The Balaban J connectivity index is 1.51. The minimum atomic E-state index is -0.186. The monoisotopic (exact) mass is 379 g/mol. The van der Waals surface area contributed by atoms with E-state index in [1.165, 1.54) is 6.08 Å². The number of nitrogens with zero attached hydrogens (tertiary/aromatic N) is 1. The predicted octanol–water partition coefficient (Wildman–Crippen LogP) is 3.65. The summed E-state index contributed by atoms with van der Waals surface area (Å²) in [7, 11) is 1.61. The maximum atomic E-state index is 12.2. The zero-order valence-corrected chi connectivity index (χ0v) is 16.0. The van der Waals surface area contributed by atoms with Crippen molar-refractivity contribution < 1.29 is 14.3 Å². The van der Waals surface area contributed by atoms with Crippen LogP contribution >= 0.6 is 0 Å². The van der Waals surface area contributed by atoms with Crippen molar-refractivity contribution in [2.24, 2.45) is 0 Å². The Labute approximate surface area is 165 Å². The van der Waals surface area contributed by atoms with Gasteiger partial charge in [-0.15, -0.1) is 0 Å². The lowest BCUT2D eigenvalue weighted by molar-refractivity contribution is -0.116. The summed E-state index contributed by atoms with van der Waals surface area (Å²) in [4.78, 5) is 26.1. The Morgan fingerprint density at radius 1 is 1.11 bits per heavy atom. The molecule has 1 saturated heterocycles. The summed E-state index contributed by atoms with van der Waals surface area (Å²) in [5.74, 6) is 0.560. The quantitative estimate of drug-likeness (QED) is 0.753. The zero-order chi connectivity index (χ0) is 19.8. The van der Waals surface area contributed by atoms with Gasteiger partial charge in [0.15, 0.2) is 0 Å². The van der Waals surface area contributed by atoms with E-state index in [2.05, 4.69) is 10.6 Å². The van der Waals surface area contributed by atoms with Gasteiger partial charge >= 0.3 is 6.03 Å². The molecule has 6 heteroatoms. The third-order valence-corrected chi connectivity index (χ3v) is 4.56. The second-order valence-corrected chi connectivity index (χ2v) is 6.65. The molecule has 2 aromatic rings. The highest BCUT2D eigenvalue weighted by Gasteiger charge is 2.17. The van der Waals surface area contributed by atoms with Crippen molar-refractivity contribution in [1.82, 2.24) is 10.2 Å². The Morgan fingerprint density at radius 3 is 2.68 bits per heavy atom. The number of urea groups is 1. The van der Waals surface area contributed by atoms with Crippen LogP contribution in [0.15, 0.2) is 54.6 Å². The Bertz CT molecular complexity index is 858. The summed E-state index contributed by atoms with van der Waals surface area (Å²) in [5.41, 5.74) is 2.54. The molecular formula is C22H25N3O3. The van der Waals surface area contributed by atoms with Gasteiger partial charge in [-0.05, 0) is 54.3 Å². The summed E-state index contributed by atoms with van der Waals surface area (Å²) in [6.45, 7) is 2.00.